The van der Waals surface area contributed by atoms with Gasteiger partial charge in [0, 0.05) is 11.8 Å². The fraction of sp³-hybridized carbons (Fsp3) is 0.133. The van der Waals surface area contributed by atoms with Gasteiger partial charge in [-0.1, -0.05) is 35.5 Å². The summed E-state index contributed by atoms with van der Waals surface area (Å²) in [6.45, 7) is 2.09. The van der Waals surface area contributed by atoms with Gasteiger partial charge in [0.05, 0.1) is 21.8 Å². The van der Waals surface area contributed by atoms with Crippen LogP contribution in [0.5, 0.6) is 0 Å². The molecular formula is C15H13N3S2. The summed E-state index contributed by atoms with van der Waals surface area (Å²) in [5.41, 5.74) is 6.15. The molecule has 1 aromatic carbocycles. The van der Waals surface area contributed by atoms with Gasteiger partial charge in [-0.2, -0.15) is 0 Å². The third kappa shape index (κ3) is 2.59. The predicted molar refractivity (Wildman–Crippen MR) is 85.1 cm³/mol. The molecule has 0 saturated heterocycles. The van der Waals surface area contributed by atoms with Crippen molar-refractivity contribution in [2.45, 2.75) is 12.1 Å². The minimum atomic E-state index is 0.783. The lowest BCUT2D eigenvalue weighted by Crippen LogP contribution is -1.89. The van der Waals surface area contributed by atoms with E-state index in [-0.39, 0.29) is 0 Å². The van der Waals surface area contributed by atoms with E-state index in [1.54, 1.807) is 29.3 Å². The molecule has 0 N–H and O–H groups in total. The van der Waals surface area contributed by atoms with Crippen LogP contribution in [0.15, 0.2) is 47.2 Å². The second-order valence-corrected chi connectivity index (χ2v) is 5.96. The predicted octanol–water partition coefficient (Wildman–Crippen LogP) is 4.30. The first kappa shape index (κ1) is 13.3. The maximum Gasteiger partial charge on any atom is 0.187 e. The molecule has 5 heteroatoms. The van der Waals surface area contributed by atoms with Gasteiger partial charge in [0.2, 0.25) is 0 Å². The van der Waals surface area contributed by atoms with E-state index in [1.165, 1.54) is 5.56 Å². The van der Waals surface area contributed by atoms with Crippen LogP contribution in [0, 0.1) is 6.92 Å². The van der Waals surface area contributed by atoms with Gasteiger partial charge in [0.15, 0.2) is 5.16 Å². The van der Waals surface area contributed by atoms with E-state index in [0.717, 1.165) is 27.0 Å². The summed E-state index contributed by atoms with van der Waals surface area (Å²) in [6.07, 6.45) is 3.78. The lowest BCUT2D eigenvalue weighted by molar-refractivity contribution is 0.978. The van der Waals surface area contributed by atoms with Gasteiger partial charge >= 0.3 is 0 Å². The molecule has 20 heavy (non-hydrogen) atoms. The highest BCUT2D eigenvalue weighted by Crippen LogP contribution is 2.34. The van der Waals surface area contributed by atoms with Crippen LogP contribution in [0.1, 0.15) is 5.56 Å². The Kier molecular flexibility index (Phi) is 3.80. The molecular weight excluding hydrogens is 286 g/mol. The van der Waals surface area contributed by atoms with E-state index in [1.807, 2.05) is 17.8 Å². The summed E-state index contributed by atoms with van der Waals surface area (Å²) in [5, 5.41) is 0.783. The van der Waals surface area contributed by atoms with Gasteiger partial charge in [0.1, 0.15) is 0 Å². The molecule has 0 fully saturated rings. The summed E-state index contributed by atoms with van der Waals surface area (Å²) in [7, 11) is 0. The molecule has 0 saturated carbocycles. The SMILES string of the molecule is CSc1nccc(-c2scnc2-c2cccc(C)c2)n1. The van der Waals surface area contributed by atoms with Crippen LogP contribution in [0.4, 0.5) is 0 Å². The molecule has 3 rings (SSSR count). The first-order valence-electron chi connectivity index (χ1n) is 6.16. The second-order valence-electron chi connectivity index (χ2n) is 4.33. The standard InChI is InChI=1S/C15H13N3S2/c1-10-4-3-5-11(8-10)13-14(20-9-17-13)12-6-7-16-15(18-12)19-2/h3-9H,1-2H3. The molecule has 0 radical (unpaired) electrons. The normalized spacial score (nSPS) is 10.7. The van der Waals surface area contributed by atoms with E-state index in [9.17, 15) is 0 Å². The summed E-state index contributed by atoms with van der Waals surface area (Å²) in [6, 6.07) is 10.3. The Morgan fingerprint density at radius 2 is 2.05 bits per heavy atom. The third-order valence-electron chi connectivity index (χ3n) is 2.91. The zero-order valence-electron chi connectivity index (χ0n) is 11.2. The quantitative estimate of drug-likeness (QED) is 0.534. The molecule has 0 spiro atoms. The number of rotatable bonds is 3. The monoisotopic (exact) mass is 299 g/mol. The van der Waals surface area contributed by atoms with Crippen LogP contribution in [0.2, 0.25) is 0 Å². The highest BCUT2D eigenvalue weighted by molar-refractivity contribution is 7.98. The van der Waals surface area contributed by atoms with E-state index in [4.69, 9.17) is 0 Å². The fourth-order valence-electron chi connectivity index (χ4n) is 1.99. The Labute approximate surface area is 126 Å². The first-order chi connectivity index (χ1) is 9.78. The maximum atomic E-state index is 4.56. The topological polar surface area (TPSA) is 38.7 Å². The molecule has 2 heterocycles. The van der Waals surface area contributed by atoms with Crippen LogP contribution in [0.25, 0.3) is 21.8 Å². The highest BCUT2D eigenvalue weighted by Gasteiger charge is 2.12. The van der Waals surface area contributed by atoms with Crippen molar-refractivity contribution in [3.63, 3.8) is 0 Å². The molecule has 100 valence electrons. The minimum Gasteiger partial charge on any atom is -0.244 e. The summed E-state index contributed by atoms with van der Waals surface area (Å²) >= 11 is 3.16. The number of hydrogen-bond acceptors (Lipinski definition) is 5. The van der Waals surface area contributed by atoms with Gasteiger partial charge in [-0.3, -0.25) is 0 Å². The third-order valence-corrected chi connectivity index (χ3v) is 4.32. The van der Waals surface area contributed by atoms with E-state index >= 15 is 0 Å². The molecule has 3 aromatic rings. The van der Waals surface area contributed by atoms with Gasteiger partial charge in [-0.15, -0.1) is 11.3 Å². The molecule has 0 unspecified atom stereocenters. The molecule has 0 atom stereocenters. The summed E-state index contributed by atoms with van der Waals surface area (Å²) in [4.78, 5) is 14.4. The zero-order valence-corrected chi connectivity index (χ0v) is 12.8. The molecule has 2 aromatic heterocycles. The van der Waals surface area contributed by atoms with Crippen molar-refractivity contribution >= 4 is 23.1 Å². The van der Waals surface area contributed by atoms with Gasteiger partial charge < -0.3 is 0 Å². The first-order valence-corrected chi connectivity index (χ1v) is 8.26. The van der Waals surface area contributed by atoms with Crippen molar-refractivity contribution < 1.29 is 0 Å². The van der Waals surface area contributed by atoms with Crippen LogP contribution in [-0.4, -0.2) is 21.2 Å². The second kappa shape index (κ2) is 5.73. The average molecular weight is 299 g/mol. The van der Waals surface area contributed by atoms with Gasteiger partial charge in [-0.05, 0) is 25.3 Å². The molecule has 0 bridgehead atoms. The molecule has 0 amide bonds. The Hall–Kier alpha value is -1.72. The van der Waals surface area contributed by atoms with Crippen molar-refractivity contribution in [1.29, 1.82) is 0 Å². The average Bonchev–Trinajstić information content (AvgIpc) is 2.97. The highest BCUT2D eigenvalue weighted by atomic mass is 32.2. The number of benzene rings is 1. The number of thioether (sulfide) groups is 1. The van der Waals surface area contributed by atoms with E-state index < -0.39 is 0 Å². The molecule has 3 nitrogen and oxygen atoms in total. The largest absolute Gasteiger partial charge is 0.244 e. The number of thiazole rings is 1. The number of nitrogens with zero attached hydrogens (tertiary/aromatic N) is 3. The van der Waals surface area contributed by atoms with E-state index in [2.05, 4.69) is 46.1 Å². The van der Waals surface area contributed by atoms with Crippen molar-refractivity contribution in [3.05, 3.63) is 47.6 Å². The van der Waals surface area contributed by atoms with Gasteiger partial charge in [0.25, 0.3) is 0 Å². The van der Waals surface area contributed by atoms with Crippen molar-refractivity contribution in [1.82, 2.24) is 15.0 Å². The maximum absolute atomic E-state index is 4.56. The lowest BCUT2D eigenvalue weighted by atomic mass is 10.1. The van der Waals surface area contributed by atoms with Crippen LogP contribution in [-0.2, 0) is 0 Å². The minimum absolute atomic E-state index is 0.783. The van der Waals surface area contributed by atoms with Crippen molar-refractivity contribution in [2.24, 2.45) is 0 Å². The Morgan fingerprint density at radius 1 is 1.15 bits per heavy atom. The zero-order chi connectivity index (χ0) is 13.9. The Balaban J connectivity index is 2.10. The number of aryl methyl sites for hydroxylation is 1. The number of aromatic nitrogens is 3. The van der Waals surface area contributed by atoms with Crippen molar-refractivity contribution in [3.8, 4) is 21.8 Å². The number of hydrogen-bond donors (Lipinski definition) is 0. The van der Waals surface area contributed by atoms with Crippen molar-refractivity contribution in [2.75, 3.05) is 6.26 Å². The van der Waals surface area contributed by atoms with E-state index in [0.29, 0.717) is 0 Å². The van der Waals surface area contributed by atoms with Crippen LogP contribution in [0.3, 0.4) is 0 Å². The lowest BCUT2D eigenvalue weighted by Gasteiger charge is -2.04. The summed E-state index contributed by atoms with van der Waals surface area (Å²) in [5.74, 6) is 0. The molecule has 0 aliphatic heterocycles. The molecule has 0 aliphatic carbocycles. The fourth-order valence-corrected chi connectivity index (χ4v) is 3.13. The Bertz CT molecular complexity index is 737. The van der Waals surface area contributed by atoms with Crippen LogP contribution >= 0.6 is 23.1 Å². The van der Waals surface area contributed by atoms with Gasteiger partial charge in [-0.25, -0.2) is 15.0 Å². The van der Waals surface area contributed by atoms with Crippen LogP contribution < -0.4 is 0 Å². The Morgan fingerprint density at radius 3 is 2.85 bits per heavy atom. The molecule has 0 aliphatic rings. The smallest absolute Gasteiger partial charge is 0.187 e. The summed E-state index contributed by atoms with van der Waals surface area (Å²) < 4.78 is 0.